The van der Waals surface area contributed by atoms with E-state index in [1.54, 1.807) is 18.2 Å². The Bertz CT molecular complexity index is 1530. The average molecular weight is 453 g/mol. The number of aromatic amines is 1. The first kappa shape index (κ1) is 21.2. The van der Waals surface area contributed by atoms with E-state index in [1.807, 2.05) is 44.2 Å². The van der Waals surface area contributed by atoms with E-state index >= 15 is 0 Å². The fourth-order valence-corrected chi connectivity index (χ4v) is 5.33. The number of hydrogen-bond acceptors (Lipinski definition) is 4. The van der Waals surface area contributed by atoms with Gasteiger partial charge in [-0.2, -0.15) is 10.5 Å². The van der Waals surface area contributed by atoms with Gasteiger partial charge < -0.3 is 10.1 Å². The van der Waals surface area contributed by atoms with Gasteiger partial charge in [0.2, 0.25) is 0 Å². The van der Waals surface area contributed by atoms with Crippen molar-refractivity contribution >= 4 is 39.5 Å². The molecule has 2 atom stereocenters. The molecule has 0 amide bonds. The van der Waals surface area contributed by atoms with E-state index in [9.17, 15) is 15.6 Å². The zero-order valence-corrected chi connectivity index (χ0v) is 19.2. The fourth-order valence-electron chi connectivity index (χ4n) is 5.16. The van der Waals surface area contributed by atoms with Crippen LogP contribution in [0.2, 0.25) is 5.02 Å². The van der Waals surface area contributed by atoms with Crippen LogP contribution in [0.4, 0.5) is 0 Å². The van der Waals surface area contributed by atoms with E-state index in [2.05, 4.69) is 24.0 Å². The molecule has 162 valence electrons. The Morgan fingerprint density at radius 1 is 1.09 bits per heavy atom. The molecule has 0 aliphatic heterocycles. The maximum atomic E-state index is 10.8. The van der Waals surface area contributed by atoms with Crippen molar-refractivity contribution in [2.24, 2.45) is 5.92 Å². The van der Waals surface area contributed by atoms with Crippen LogP contribution in [0.1, 0.15) is 48.9 Å². The molecule has 1 aliphatic carbocycles. The molecule has 1 heterocycles. The van der Waals surface area contributed by atoms with Crippen molar-refractivity contribution in [2.75, 3.05) is 0 Å². The standard InChI is InChI=1S/C27H21ClN4O/c1-14-21(27(2,3)33)10-9-19-22(14)20-11-17(28)7-8-18(20)24-25(19)32-26(31-24)23-15(12-29)5-4-6-16(23)13-30/h4-11,14,21,33H,1-3H3,(H,31,32). The highest BCUT2D eigenvalue weighted by atomic mass is 35.5. The highest BCUT2D eigenvalue weighted by molar-refractivity contribution is 6.31. The number of aliphatic hydroxyl groups is 1. The second-order valence-corrected chi connectivity index (χ2v) is 9.54. The zero-order chi connectivity index (χ0) is 23.5. The molecule has 2 unspecified atom stereocenters. The summed E-state index contributed by atoms with van der Waals surface area (Å²) in [6.07, 6.45) is 4.08. The van der Waals surface area contributed by atoms with E-state index in [0.717, 1.165) is 32.9 Å². The van der Waals surface area contributed by atoms with Crippen LogP contribution in [0.5, 0.6) is 0 Å². The lowest BCUT2D eigenvalue weighted by Gasteiger charge is -2.36. The molecule has 3 aromatic carbocycles. The van der Waals surface area contributed by atoms with Gasteiger partial charge in [0, 0.05) is 21.9 Å². The molecule has 2 N–H and O–H groups in total. The Labute approximate surface area is 196 Å². The van der Waals surface area contributed by atoms with Gasteiger partial charge in [0.25, 0.3) is 0 Å². The molecule has 0 bridgehead atoms. The number of nitrogens with one attached hydrogen (secondary N) is 1. The second kappa shape index (κ2) is 7.46. The van der Waals surface area contributed by atoms with Crippen molar-refractivity contribution in [1.82, 2.24) is 9.97 Å². The third-order valence-corrected chi connectivity index (χ3v) is 6.85. The quantitative estimate of drug-likeness (QED) is 0.373. The molecular weight excluding hydrogens is 432 g/mol. The summed E-state index contributed by atoms with van der Waals surface area (Å²) in [5.74, 6) is 0.439. The van der Waals surface area contributed by atoms with Crippen LogP contribution in [0.15, 0.2) is 42.5 Å². The zero-order valence-electron chi connectivity index (χ0n) is 18.4. The number of halogens is 1. The smallest absolute Gasteiger partial charge is 0.141 e. The summed E-state index contributed by atoms with van der Waals surface area (Å²) in [6, 6.07) is 15.2. The number of imidazole rings is 1. The van der Waals surface area contributed by atoms with Crippen LogP contribution in [0.3, 0.4) is 0 Å². The molecule has 0 spiro atoms. The van der Waals surface area contributed by atoms with E-state index in [1.165, 1.54) is 0 Å². The summed E-state index contributed by atoms with van der Waals surface area (Å²) < 4.78 is 0. The average Bonchev–Trinajstić information content (AvgIpc) is 3.22. The van der Waals surface area contributed by atoms with Crippen molar-refractivity contribution in [3.05, 3.63) is 69.8 Å². The normalized spacial score (nSPS) is 17.7. The van der Waals surface area contributed by atoms with Gasteiger partial charge in [-0.15, -0.1) is 0 Å². The minimum Gasteiger partial charge on any atom is -0.390 e. The monoisotopic (exact) mass is 452 g/mol. The molecule has 6 heteroatoms. The number of fused-ring (bicyclic) bond motifs is 6. The molecule has 0 saturated heterocycles. The molecule has 1 aliphatic rings. The molecular formula is C27H21ClN4O. The van der Waals surface area contributed by atoms with Crippen LogP contribution >= 0.6 is 11.6 Å². The third-order valence-electron chi connectivity index (χ3n) is 6.61. The molecule has 33 heavy (non-hydrogen) atoms. The number of aromatic nitrogens is 2. The summed E-state index contributed by atoms with van der Waals surface area (Å²) in [7, 11) is 0. The third kappa shape index (κ3) is 3.21. The second-order valence-electron chi connectivity index (χ2n) is 9.11. The van der Waals surface area contributed by atoms with Crippen LogP contribution in [-0.4, -0.2) is 20.7 Å². The number of rotatable bonds is 2. The topological polar surface area (TPSA) is 96.5 Å². The minimum atomic E-state index is -0.889. The Morgan fingerprint density at radius 2 is 1.79 bits per heavy atom. The highest BCUT2D eigenvalue weighted by Gasteiger charge is 2.35. The molecule has 0 fully saturated rings. The van der Waals surface area contributed by atoms with Crippen molar-refractivity contribution in [3.63, 3.8) is 0 Å². The van der Waals surface area contributed by atoms with Gasteiger partial charge in [-0.05, 0) is 55.0 Å². The SMILES string of the molecule is CC1c2c(c3[nH]c(-c4c(C#N)cccc4C#N)nc3c3ccc(Cl)cc23)C=CC1C(C)(C)O. The minimum absolute atomic E-state index is 0.0307. The van der Waals surface area contributed by atoms with Gasteiger partial charge in [-0.1, -0.05) is 42.8 Å². The maximum Gasteiger partial charge on any atom is 0.141 e. The van der Waals surface area contributed by atoms with Gasteiger partial charge in [-0.25, -0.2) is 4.98 Å². The van der Waals surface area contributed by atoms with E-state index < -0.39 is 5.60 Å². The van der Waals surface area contributed by atoms with Gasteiger partial charge in [0.1, 0.15) is 5.82 Å². The van der Waals surface area contributed by atoms with Crippen molar-refractivity contribution in [3.8, 4) is 23.5 Å². The summed E-state index contributed by atoms with van der Waals surface area (Å²) in [5, 5.41) is 32.7. The van der Waals surface area contributed by atoms with Gasteiger partial charge in [-0.3, -0.25) is 0 Å². The lowest BCUT2D eigenvalue weighted by atomic mass is 9.71. The lowest BCUT2D eigenvalue weighted by molar-refractivity contribution is 0.0280. The van der Waals surface area contributed by atoms with Crippen molar-refractivity contribution < 1.29 is 5.11 Å². The summed E-state index contributed by atoms with van der Waals surface area (Å²) in [4.78, 5) is 8.29. The highest BCUT2D eigenvalue weighted by Crippen LogP contribution is 2.46. The first-order valence-corrected chi connectivity index (χ1v) is 11.1. The predicted octanol–water partition coefficient (Wildman–Crippen LogP) is 6.30. The van der Waals surface area contributed by atoms with Crippen LogP contribution in [0.25, 0.3) is 39.3 Å². The van der Waals surface area contributed by atoms with Crippen LogP contribution in [0, 0.1) is 28.6 Å². The van der Waals surface area contributed by atoms with Gasteiger partial charge >= 0.3 is 0 Å². The van der Waals surface area contributed by atoms with E-state index in [4.69, 9.17) is 16.6 Å². The molecule has 4 aromatic rings. The number of H-pyrrole nitrogens is 1. The Kier molecular flexibility index (Phi) is 4.79. The molecule has 5 nitrogen and oxygen atoms in total. The van der Waals surface area contributed by atoms with E-state index in [-0.39, 0.29) is 11.8 Å². The lowest BCUT2D eigenvalue weighted by Crippen LogP contribution is -2.34. The summed E-state index contributed by atoms with van der Waals surface area (Å²) in [5.41, 5.74) is 4.06. The Hall–Kier alpha value is -3.64. The number of benzene rings is 3. The predicted molar refractivity (Wildman–Crippen MR) is 131 cm³/mol. The largest absolute Gasteiger partial charge is 0.390 e. The van der Waals surface area contributed by atoms with Crippen molar-refractivity contribution in [1.29, 1.82) is 10.5 Å². The molecule has 1 aromatic heterocycles. The number of nitriles is 2. The Morgan fingerprint density at radius 3 is 2.42 bits per heavy atom. The first-order valence-electron chi connectivity index (χ1n) is 10.7. The number of hydrogen-bond donors (Lipinski definition) is 2. The molecule has 0 radical (unpaired) electrons. The first-order chi connectivity index (χ1) is 15.7. The summed E-state index contributed by atoms with van der Waals surface area (Å²) >= 11 is 6.40. The van der Waals surface area contributed by atoms with Gasteiger partial charge in [0.15, 0.2) is 0 Å². The van der Waals surface area contributed by atoms with Crippen molar-refractivity contribution in [2.45, 2.75) is 32.3 Å². The fraction of sp³-hybridized carbons (Fsp3) is 0.222. The Balaban J connectivity index is 1.89. The van der Waals surface area contributed by atoms with Crippen LogP contribution in [-0.2, 0) is 0 Å². The molecule has 0 saturated carbocycles. The summed E-state index contributed by atoms with van der Waals surface area (Å²) in [6.45, 7) is 5.77. The maximum absolute atomic E-state index is 10.8. The van der Waals surface area contributed by atoms with Gasteiger partial charge in [0.05, 0.1) is 45.5 Å². The number of nitrogens with zero attached hydrogens (tertiary/aromatic N) is 3. The molecule has 5 rings (SSSR count). The van der Waals surface area contributed by atoms with Crippen LogP contribution < -0.4 is 0 Å². The van der Waals surface area contributed by atoms with E-state index in [0.29, 0.717) is 27.5 Å².